The first-order valence-corrected chi connectivity index (χ1v) is 23.3. The van der Waals surface area contributed by atoms with Crippen LogP contribution in [0.5, 0.6) is 0 Å². The summed E-state index contributed by atoms with van der Waals surface area (Å²) in [5, 5.41) is 6.92. The molecule has 0 amide bonds. The zero-order chi connectivity index (χ0) is 42.2. The molecule has 0 spiro atoms. The number of aromatic nitrogens is 4. The number of rotatable bonds is 7. The molecular formula is C59H38N4S. The van der Waals surface area contributed by atoms with Crippen LogP contribution in [0.25, 0.3) is 82.7 Å². The van der Waals surface area contributed by atoms with Crippen molar-refractivity contribution in [1.29, 1.82) is 0 Å². The largest absolute Gasteiger partial charge is 0.308 e. The molecule has 13 aromatic rings. The highest BCUT2D eigenvalue weighted by molar-refractivity contribution is 8.34. The zero-order valence-corrected chi connectivity index (χ0v) is 35.5. The van der Waals surface area contributed by atoms with Crippen molar-refractivity contribution in [2.75, 3.05) is 0 Å². The Morgan fingerprint density at radius 2 is 0.781 bits per heavy atom. The van der Waals surface area contributed by atoms with E-state index in [4.69, 9.17) is 4.98 Å². The van der Waals surface area contributed by atoms with Gasteiger partial charge in [0.1, 0.15) is 11.6 Å². The van der Waals surface area contributed by atoms with Gasteiger partial charge in [0.05, 0.1) is 44.2 Å². The van der Waals surface area contributed by atoms with E-state index in [1.54, 1.807) is 0 Å². The Kier molecular flexibility index (Phi) is 8.18. The third-order valence-electron chi connectivity index (χ3n) is 12.8. The maximum absolute atomic E-state index is 5.83. The average molecular weight is 835 g/mol. The van der Waals surface area contributed by atoms with Gasteiger partial charge in [-0.1, -0.05) is 146 Å². The lowest BCUT2D eigenvalue weighted by atomic mass is 10.1. The lowest BCUT2D eigenvalue weighted by molar-refractivity contribution is 0.991. The summed E-state index contributed by atoms with van der Waals surface area (Å²) in [5.41, 5.74) is 7.73. The van der Waals surface area contributed by atoms with E-state index in [1.165, 1.54) is 30.4 Å². The highest BCUT2D eigenvalue weighted by atomic mass is 32.3. The quantitative estimate of drug-likeness (QED) is 0.157. The summed E-state index contributed by atoms with van der Waals surface area (Å²) < 4.78 is 7.17. The van der Waals surface area contributed by atoms with Gasteiger partial charge in [-0.2, -0.15) is 0 Å². The minimum Gasteiger partial charge on any atom is -0.308 e. The van der Waals surface area contributed by atoms with Crippen LogP contribution in [0.2, 0.25) is 0 Å². The summed E-state index contributed by atoms with van der Waals surface area (Å²) in [6.45, 7) is 0. The summed E-state index contributed by atoms with van der Waals surface area (Å²) in [7, 11) is -2.12. The molecule has 0 fully saturated rings. The second kappa shape index (κ2) is 14.4. The number of pyridine rings is 1. The summed E-state index contributed by atoms with van der Waals surface area (Å²) in [6.07, 6.45) is 0. The van der Waals surface area contributed by atoms with E-state index in [2.05, 4.69) is 250 Å². The number of para-hydroxylation sites is 4. The van der Waals surface area contributed by atoms with E-state index in [0.717, 1.165) is 72.0 Å². The third-order valence-corrected chi connectivity index (χ3v) is 16.7. The molecule has 9 aromatic carbocycles. The smallest absolute Gasteiger partial charge is 0.141 e. The molecule has 0 aliphatic rings. The average Bonchev–Trinajstić information content (AvgIpc) is 4.01. The Hall–Kier alpha value is -8.30. The molecule has 0 bridgehead atoms. The van der Waals surface area contributed by atoms with Crippen LogP contribution in [0, 0.1) is 12.1 Å². The Bertz CT molecular complexity index is 3700. The van der Waals surface area contributed by atoms with E-state index in [9.17, 15) is 0 Å². The van der Waals surface area contributed by atoms with Crippen LogP contribution < -0.4 is 0 Å². The van der Waals surface area contributed by atoms with Gasteiger partial charge in [-0.25, -0.2) is 4.98 Å². The maximum Gasteiger partial charge on any atom is 0.141 e. The lowest BCUT2D eigenvalue weighted by Gasteiger charge is -2.42. The molecule has 0 aliphatic heterocycles. The number of hydrogen-bond acceptors (Lipinski definition) is 1. The number of nitrogens with zero attached hydrogens (tertiary/aromatic N) is 4. The monoisotopic (exact) mass is 834 g/mol. The first-order chi connectivity index (χ1) is 31.8. The fraction of sp³-hybridized carbons (Fsp3) is 0. The summed E-state index contributed by atoms with van der Waals surface area (Å²) in [5.74, 6) is 1.71. The molecule has 4 aromatic heterocycles. The number of hydrogen-bond donors (Lipinski definition) is 0. The van der Waals surface area contributed by atoms with E-state index < -0.39 is 10.0 Å². The Morgan fingerprint density at radius 1 is 0.344 bits per heavy atom. The first-order valence-electron chi connectivity index (χ1n) is 21.6. The van der Waals surface area contributed by atoms with E-state index in [0.29, 0.717) is 0 Å². The highest BCUT2D eigenvalue weighted by Gasteiger charge is 2.35. The Morgan fingerprint density at radius 3 is 1.34 bits per heavy atom. The predicted octanol–water partition coefficient (Wildman–Crippen LogP) is 15.3. The Labute approximate surface area is 371 Å². The molecule has 0 aliphatic carbocycles. The minimum atomic E-state index is -2.12. The van der Waals surface area contributed by atoms with Crippen LogP contribution in [-0.2, 0) is 0 Å². The molecule has 0 radical (unpaired) electrons. The van der Waals surface area contributed by atoms with Crippen molar-refractivity contribution < 1.29 is 0 Å². The molecule has 300 valence electrons. The van der Waals surface area contributed by atoms with Gasteiger partial charge in [-0.3, -0.25) is 9.13 Å². The van der Waals surface area contributed by atoms with Crippen LogP contribution in [0.1, 0.15) is 0 Å². The lowest BCUT2D eigenvalue weighted by Crippen LogP contribution is -2.10. The van der Waals surface area contributed by atoms with E-state index in [-0.39, 0.29) is 0 Å². The van der Waals surface area contributed by atoms with E-state index in [1.807, 2.05) is 6.07 Å². The van der Waals surface area contributed by atoms with Gasteiger partial charge in [-0.05, 0) is 97.1 Å². The van der Waals surface area contributed by atoms with Crippen LogP contribution in [0.4, 0.5) is 0 Å². The van der Waals surface area contributed by atoms with Gasteiger partial charge in [0.25, 0.3) is 0 Å². The second-order valence-electron chi connectivity index (χ2n) is 16.2. The fourth-order valence-corrected chi connectivity index (χ4v) is 14.1. The topological polar surface area (TPSA) is 27.7 Å². The molecule has 4 nitrogen and oxygen atoms in total. The standard InChI is InChI=1S/C59H38N4S/c1-4-21-41(22-5-1)64(42-23-6-2-7-24-42,43-25-8-3-9-26-43)44-39-57(62-52-34-17-12-29-47(52)48-30-13-18-35-53(48)62)60-58(40-44)63-54-36-19-14-31-49(54)59-55(37-20-38-56(59)63)61-50-32-15-10-27-45(50)46-28-11-16-33-51(46)61/h1-10,12-27,29-40H. The van der Waals surface area contributed by atoms with Crippen molar-refractivity contribution in [3.8, 4) is 17.3 Å². The van der Waals surface area contributed by atoms with Crippen LogP contribution in [-0.4, -0.2) is 18.7 Å². The molecule has 4 heterocycles. The maximum atomic E-state index is 5.83. The van der Waals surface area contributed by atoms with Crippen molar-refractivity contribution in [3.63, 3.8) is 0 Å². The van der Waals surface area contributed by atoms with Gasteiger partial charge in [-0.15, -0.1) is 10.0 Å². The number of benzene rings is 8. The third kappa shape index (κ3) is 5.24. The van der Waals surface area contributed by atoms with Crippen molar-refractivity contribution in [2.24, 2.45) is 0 Å². The zero-order valence-electron chi connectivity index (χ0n) is 34.6. The molecular weight excluding hydrogens is 797 g/mol. The molecule has 0 unspecified atom stereocenters. The van der Waals surface area contributed by atoms with E-state index >= 15 is 0 Å². The van der Waals surface area contributed by atoms with Crippen LogP contribution in [0.15, 0.2) is 250 Å². The van der Waals surface area contributed by atoms with Gasteiger partial charge >= 0.3 is 0 Å². The molecule has 64 heavy (non-hydrogen) atoms. The molecule has 5 heteroatoms. The summed E-state index contributed by atoms with van der Waals surface area (Å²) in [6, 6.07) is 90.4. The predicted molar refractivity (Wildman–Crippen MR) is 265 cm³/mol. The van der Waals surface area contributed by atoms with Gasteiger partial charge < -0.3 is 4.57 Å². The Balaban J connectivity index is 1.20. The fourth-order valence-electron chi connectivity index (χ4n) is 10.2. The van der Waals surface area contributed by atoms with Crippen molar-refractivity contribution >= 4 is 75.4 Å². The van der Waals surface area contributed by atoms with Crippen molar-refractivity contribution in [1.82, 2.24) is 18.7 Å². The molecule has 0 saturated carbocycles. The van der Waals surface area contributed by atoms with Gasteiger partial charge in [0.15, 0.2) is 0 Å². The molecule has 0 atom stereocenters. The van der Waals surface area contributed by atoms with Gasteiger partial charge in [0.2, 0.25) is 0 Å². The minimum absolute atomic E-state index is 0.850. The second-order valence-corrected chi connectivity index (χ2v) is 19.3. The first kappa shape index (κ1) is 36.4. The van der Waals surface area contributed by atoms with Crippen molar-refractivity contribution in [3.05, 3.63) is 243 Å². The summed E-state index contributed by atoms with van der Waals surface area (Å²) >= 11 is 0. The molecule has 13 rings (SSSR count). The van der Waals surface area contributed by atoms with Crippen LogP contribution in [0.3, 0.4) is 0 Å². The van der Waals surface area contributed by atoms with Crippen LogP contribution >= 0.6 is 10.0 Å². The molecule has 0 N–H and O–H groups in total. The normalized spacial score (nSPS) is 12.2. The SMILES string of the molecule is c1ccc2c(c#1)c1ccccc1n2-c1cccc2c1c1ccccc1n2-c1cc(S(c2ccccc2)(c2ccccc2)c2ccccc2)cc(-n2c3ccccc3c3ccccc32)n1. The summed E-state index contributed by atoms with van der Waals surface area (Å²) in [4.78, 5) is 10.8. The highest BCUT2D eigenvalue weighted by Crippen LogP contribution is 2.73. The van der Waals surface area contributed by atoms with Gasteiger partial charge in [0, 0.05) is 46.5 Å². The molecule has 0 saturated heterocycles. The number of fused-ring (bicyclic) bond motifs is 9. The van der Waals surface area contributed by atoms with Crippen molar-refractivity contribution in [2.45, 2.75) is 19.6 Å².